The minimum atomic E-state index is -1.42. The Balaban J connectivity index is 3.56. The predicted molar refractivity (Wildman–Crippen MR) is 130 cm³/mol. The highest BCUT2D eigenvalue weighted by atomic mass is 16.6. The largest absolute Gasteiger partial charge is 0.447 e. The highest BCUT2D eigenvalue weighted by Gasteiger charge is 2.32. The van der Waals surface area contributed by atoms with Crippen LogP contribution in [0.1, 0.15) is 103 Å². The number of ether oxygens (including phenoxy) is 1. The second-order valence-corrected chi connectivity index (χ2v) is 8.74. The van der Waals surface area contributed by atoms with Crippen LogP contribution in [-0.4, -0.2) is 54.1 Å². The van der Waals surface area contributed by atoms with Gasteiger partial charge in [0.2, 0.25) is 5.91 Å². The SMILES string of the molecule is C=CC(=O)NC(CO)(CO)COC(=O)NCCCCCCCCCCCCCCCCC. The first kappa shape index (κ1) is 30.4. The van der Waals surface area contributed by atoms with Gasteiger partial charge < -0.3 is 25.6 Å². The van der Waals surface area contributed by atoms with E-state index in [1.54, 1.807) is 0 Å². The second kappa shape index (κ2) is 21.3. The summed E-state index contributed by atoms with van der Waals surface area (Å²) in [7, 11) is 0. The molecule has 0 heterocycles. The van der Waals surface area contributed by atoms with E-state index in [2.05, 4.69) is 24.1 Å². The van der Waals surface area contributed by atoms with Crippen LogP contribution in [-0.2, 0) is 9.53 Å². The maximum atomic E-state index is 11.8. The number of aliphatic hydroxyl groups is 2. The Labute approximate surface area is 195 Å². The Bertz CT molecular complexity index is 481. The molecular weight excluding hydrogens is 408 g/mol. The summed E-state index contributed by atoms with van der Waals surface area (Å²) in [5.41, 5.74) is -1.42. The van der Waals surface area contributed by atoms with Crippen molar-refractivity contribution < 1.29 is 24.5 Å². The lowest BCUT2D eigenvalue weighted by Crippen LogP contribution is -2.57. The number of aliphatic hydroxyl groups excluding tert-OH is 2. The van der Waals surface area contributed by atoms with Gasteiger partial charge in [-0.2, -0.15) is 0 Å². The maximum Gasteiger partial charge on any atom is 0.407 e. The Morgan fingerprint density at radius 2 is 1.25 bits per heavy atom. The number of hydrogen-bond acceptors (Lipinski definition) is 5. The summed E-state index contributed by atoms with van der Waals surface area (Å²) < 4.78 is 5.04. The van der Waals surface area contributed by atoms with E-state index in [0.717, 1.165) is 18.9 Å². The van der Waals surface area contributed by atoms with Crippen molar-refractivity contribution in [3.8, 4) is 0 Å². The number of alkyl carbamates (subject to hydrolysis) is 1. The van der Waals surface area contributed by atoms with Gasteiger partial charge in [-0.15, -0.1) is 0 Å². The quantitative estimate of drug-likeness (QED) is 0.141. The molecule has 0 fully saturated rings. The summed E-state index contributed by atoms with van der Waals surface area (Å²) in [6.45, 7) is 4.64. The van der Waals surface area contributed by atoms with Crippen LogP contribution in [0, 0.1) is 0 Å². The van der Waals surface area contributed by atoms with Gasteiger partial charge in [0.15, 0.2) is 0 Å². The van der Waals surface area contributed by atoms with Crippen molar-refractivity contribution >= 4 is 12.0 Å². The Morgan fingerprint density at radius 3 is 1.66 bits per heavy atom. The summed E-state index contributed by atoms with van der Waals surface area (Å²) in [6.07, 6.45) is 19.7. The normalized spacial score (nSPS) is 11.2. The van der Waals surface area contributed by atoms with Crippen LogP contribution in [0.25, 0.3) is 0 Å². The van der Waals surface area contributed by atoms with Crippen LogP contribution < -0.4 is 10.6 Å². The molecule has 0 radical (unpaired) electrons. The molecule has 7 nitrogen and oxygen atoms in total. The average molecular weight is 457 g/mol. The minimum absolute atomic E-state index is 0.329. The zero-order valence-electron chi connectivity index (χ0n) is 20.3. The Kier molecular flexibility index (Phi) is 20.2. The smallest absolute Gasteiger partial charge is 0.407 e. The van der Waals surface area contributed by atoms with Crippen molar-refractivity contribution in [2.24, 2.45) is 0 Å². The molecule has 4 N–H and O–H groups in total. The number of rotatable bonds is 22. The van der Waals surface area contributed by atoms with Gasteiger partial charge in [-0.3, -0.25) is 4.79 Å². The summed E-state index contributed by atoms with van der Waals surface area (Å²) in [5.74, 6) is -0.560. The second-order valence-electron chi connectivity index (χ2n) is 8.74. The topological polar surface area (TPSA) is 108 Å². The fraction of sp³-hybridized carbons (Fsp3) is 0.840. The molecule has 0 aromatic rings. The lowest BCUT2D eigenvalue weighted by molar-refractivity contribution is -0.120. The molecule has 0 bridgehead atoms. The molecule has 0 aliphatic heterocycles. The van der Waals surface area contributed by atoms with Gasteiger partial charge in [-0.05, 0) is 12.5 Å². The van der Waals surface area contributed by atoms with Crippen LogP contribution in [0.3, 0.4) is 0 Å². The van der Waals surface area contributed by atoms with Crippen molar-refractivity contribution in [1.82, 2.24) is 10.6 Å². The van der Waals surface area contributed by atoms with Crippen LogP contribution in [0.5, 0.6) is 0 Å². The molecule has 2 amide bonds. The molecule has 0 saturated carbocycles. The molecule has 0 spiro atoms. The molecule has 0 rings (SSSR count). The van der Waals surface area contributed by atoms with Gasteiger partial charge in [0, 0.05) is 6.54 Å². The zero-order valence-corrected chi connectivity index (χ0v) is 20.3. The van der Waals surface area contributed by atoms with E-state index in [1.165, 1.54) is 83.5 Å². The number of carbonyl (C=O) groups is 2. The lowest BCUT2D eigenvalue weighted by atomic mass is 10.0. The van der Waals surface area contributed by atoms with Crippen molar-refractivity contribution in [2.45, 2.75) is 109 Å². The average Bonchev–Trinajstić information content (AvgIpc) is 2.81. The third kappa shape index (κ3) is 17.0. The molecule has 0 saturated heterocycles. The van der Waals surface area contributed by atoms with Crippen LogP contribution in [0.4, 0.5) is 4.79 Å². The van der Waals surface area contributed by atoms with Gasteiger partial charge in [-0.25, -0.2) is 4.79 Å². The van der Waals surface area contributed by atoms with Crippen LogP contribution in [0.2, 0.25) is 0 Å². The van der Waals surface area contributed by atoms with E-state index in [4.69, 9.17) is 4.74 Å². The molecule has 0 aliphatic rings. The van der Waals surface area contributed by atoms with Crippen molar-refractivity contribution in [2.75, 3.05) is 26.4 Å². The van der Waals surface area contributed by atoms with Crippen molar-refractivity contribution in [3.63, 3.8) is 0 Å². The highest BCUT2D eigenvalue weighted by molar-refractivity contribution is 5.87. The number of carbonyl (C=O) groups excluding carboxylic acids is 2. The zero-order chi connectivity index (χ0) is 23.9. The number of amides is 2. The van der Waals surface area contributed by atoms with Gasteiger partial charge in [0.1, 0.15) is 12.1 Å². The first-order valence-electron chi connectivity index (χ1n) is 12.6. The summed E-state index contributed by atoms with van der Waals surface area (Å²) in [5, 5.41) is 23.9. The van der Waals surface area contributed by atoms with Crippen molar-refractivity contribution in [1.29, 1.82) is 0 Å². The van der Waals surface area contributed by atoms with Crippen LogP contribution >= 0.6 is 0 Å². The fourth-order valence-corrected chi connectivity index (χ4v) is 3.51. The first-order chi connectivity index (χ1) is 15.5. The summed E-state index contributed by atoms with van der Waals surface area (Å²) >= 11 is 0. The minimum Gasteiger partial charge on any atom is -0.447 e. The lowest BCUT2D eigenvalue weighted by Gasteiger charge is -2.29. The molecular formula is C25H48N2O5. The standard InChI is InChI=1S/C25H48N2O5/c1-3-5-6-7-8-9-10-11-12-13-14-15-16-17-18-19-26-24(31)32-22-25(20-28,21-29)27-23(30)4-2/h4,28-29H,2-3,5-22H2,1H3,(H,26,31)(H,27,30). The Morgan fingerprint density at radius 1 is 0.812 bits per heavy atom. The third-order valence-electron chi connectivity index (χ3n) is 5.71. The maximum absolute atomic E-state index is 11.8. The number of unbranched alkanes of at least 4 members (excludes halogenated alkanes) is 14. The monoisotopic (exact) mass is 456 g/mol. The van der Waals surface area contributed by atoms with Gasteiger partial charge in [-0.1, -0.05) is 103 Å². The van der Waals surface area contributed by atoms with E-state index < -0.39 is 30.8 Å². The summed E-state index contributed by atoms with van der Waals surface area (Å²) in [4.78, 5) is 23.2. The van der Waals surface area contributed by atoms with E-state index in [1.807, 2.05) is 0 Å². The Hall–Kier alpha value is -1.60. The van der Waals surface area contributed by atoms with E-state index in [0.29, 0.717) is 6.54 Å². The van der Waals surface area contributed by atoms with E-state index in [-0.39, 0.29) is 6.61 Å². The molecule has 0 aromatic carbocycles. The van der Waals surface area contributed by atoms with Crippen LogP contribution in [0.15, 0.2) is 12.7 Å². The predicted octanol–water partition coefficient (Wildman–Crippen LogP) is 4.61. The molecule has 7 heteroatoms. The highest BCUT2D eigenvalue weighted by Crippen LogP contribution is 2.13. The number of nitrogens with one attached hydrogen (secondary N) is 2. The summed E-state index contributed by atoms with van der Waals surface area (Å²) in [6, 6.07) is 0. The molecule has 0 atom stereocenters. The van der Waals surface area contributed by atoms with Gasteiger partial charge in [0.05, 0.1) is 13.2 Å². The molecule has 32 heavy (non-hydrogen) atoms. The third-order valence-corrected chi connectivity index (χ3v) is 5.71. The van der Waals surface area contributed by atoms with Gasteiger partial charge in [0.25, 0.3) is 0 Å². The first-order valence-corrected chi connectivity index (χ1v) is 12.6. The molecule has 0 unspecified atom stereocenters. The van der Waals surface area contributed by atoms with Gasteiger partial charge >= 0.3 is 6.09 Å². The fourth-order valence-electron chi connectivity index (χ4n) is 3.51. The van der Waals surface area contributed by atoms with E-state index in [9.17, 15) is 19.8 Å². The number of hydrogen-bond donors (Lipinski definition) is 4. The van der Waals surface area contributed by atoms with E-state index >= 15 is 0 Å². The van der Waals surface area contributed by atoms with Crippen molar-refractivity contribution in [3.05, 3.63) is 12.7 Å². The molecule has 0 aliphatic carbocycles. The molecule has 0 aromatic heterocycles. The molecule has 188 valence electrons.